The van der Waals surface area contributed by atoms with Crippen molar-refractivity contribution in [3.63, 3.8) is 0 Å². The van der Waals surface area contributed by atoms with Gasteiger partial charge in [-0.25, -0.2) is 8.42 Å². The standard InChI is InChI=1S/C22H29N3O3S/c1-17(2)23-22(26)21-15-20(10-9-18(21)3)29(27,28)25-13-11-24(12-14-25)16-19-7-5-4-6-8-19/h4-10,15,17H,11-14,16H2,1-3H3,(H,23,26). The van der Waals surface area contributed by atoms with E-state index < -0.39 is 10.0 Å². The van der Waals surface area contributed by atoms with Crippen LogP contribution in [0.1, 0.15) is 35.3 Å². The number of piperazine rings is 1. The molecule has 1 heterocycles. The molecule has 0 bridgehead atoms. The van der Waals surface area contributed by atoms with Crippen molar-refractivity contribution in [1.29, 1.82) is 0 Å². The van der Waals surface area contributed by atoms with Crippen molar-refractivity contribution in [2.75, 3.05) is 26.2 Å². The number of carbonyl (C=O) groups is 1. The Morgan fingerprint density at radius 3 is 2.31 bits per heavy atom. The molecule has 0 unspecified atom stereocenters. The lowest BCUT2D eigenvalue weighted by Crippen LogP contribution is -2.48. The smallest absolute Gasteiger partial charge is 0.251 e. The van der Waals surface area contributed by atoms with Crippen LogP contribution in [-0.2, 0) is 16.6 Å². The van der Waals surface area contributed by atoms with E-state index in [2.05, 4.69) is 22.3 Å². The lowest BCUT2D eigenvalue weighted by atomic mass is 10.1. The molecule has 3 rings (SSSR count). The molecule has 1 fully saturated rings. The Morgan fingerprint density at radius 1 is 1.03 bits per heavy atom. The Morgan fingerprint density at radius 2 is 1.69 bits per heavy atom. The van der Waals surface area contributed by atoms with E-state index in [1.54, 1.807) is 12.1 Å². The third kappa shape index (κ3) is 5.23. The van der Waals surface area contributed by atoms with Crippen molar-refractivity contribution in [2.24, 2.45) is 0 Å². The molecular weight excluding hydrogens is 386 g/mol. The maximum atomic E-state index is 13.1. The summed E-state index contributed by atoms with van der Waals surface area (Å²) < 4.78 is 27.8. The molecule has 29 heavy (non-hydrogen) atoms. The summed E-state index contributed by atoms with van der Waals surface area (Å²) in [6.45, 7) is 8.63. The van der Waals surface area contributed by atoms with E-state index in [9.17, 15) is 13.2 Å². The van der Waals surface area contributed by atoms with Gasteiger partial charge in [-0.2, -0.15) is 4.31 Å². The molecule has 0 spiro atoms. The van der Waals surface area contributed by atoms with E-state index >= 15 is 0 Å². The Kier molecular flexibility index (Phi) is 6.72. The van der Waals surface area contributed by atoms with Gasteiger partial charge in [0.1, 0.15) is 0 Å². The van der Waals surface area contributed by atoms with Crippen molar-refractivity contribution in [2.45, 2.75) is 38.3 Å². The molecule has 0 aromatic heterocycles. The van der Waals surface area contributed by atoms with Crippen LogP contribution in [0.3, 0.4) is 0 Å². The molecule has 156 valence electrons. The molecule has 2 aromatic carbocycles. The highest BCUT2D eigenvalue weighted by Gasteiger charge is 2.29. The summed E-state index contributed by atoms with van der Waals surface area (Å²) >= 11 is 0. The molecule has 0 atom stereocenters. The van der Waals surface area contributed by atoms with E-state index in [4.69, 9.17) is 0 Å². The molecule has 1 aliphatic rings. The van der Waals surface area contributed by atoms with E-state index in [0.717, 1.165) is 12.1 Å². The van der Waals surface area contributed by atoms with Crippen LogP contribution < -0.4 is 5.32 Å². The van der Waals surface area contributed by atoms with E-state index in [0.29, 0.717) is 31.7 Å². The Bertz CT molecular complexity index is 951. The molecule has 6 nitrogen and oxygen atoms in total. The zero-order chi connectivity index (χ0) is 21.0. The Hall–Kier alpha value is -2.22. The second-order valence-corrected chi connectivity index (χ2v) is 9.71. The third-order valence-corrected chi connectivity index (χ3v) is 6.99. The van der Waals surface area contributed by atoms with Crippen LogP contribution in [0, 0.1) is 6.92 Å². The average molecular weight is 416 g/mol. The molecule has 1 aliphatic heterocycles. The SMILES string of the molecule is Cc1ccc(S(=O)(=O)N2CCN(Cc3ccccc3)CC2)cc1C(=O)NC(C)C. The zero-order valence-corrected chi connectivity index (χ0v) is 18.1. The minimum Gasteiger partial charge on any atom is -0.350 e. The predicted molar refractivity (Wildman–Crippen MR) is 114 cm³/mol. The minimum atomic E-state index is -3.63. The fourth-order valence-electron chi connectivity index (χ4n) is 3.46. The topological polar surface area (TPSA) is 69.7 Å². The van der Waals surface area contributed by atoms with Gasteiger partial charge in [0.05, 0.1) is 4.90 Å². The summed E-state index contributed by atoms with van der Waals surface area (Å²) in [5.41, 5.74) is 2.39. The van der Waals surface area contributed by atoms with Gasteiger partial charge in [0, 0.05) is 44.3 Å². The van der Waals surface area contributed by atoms with Gasteiger partial charge in [0.15, 0.2) is 0 Å². The van der Waals surface area contributed by atoms with Gasteiger partial charge >= 0.3 is 0 Å². The number of benzene rings is 2. The van der Waals surface area contributed by atoms with Gasteiger partial charge in [-0.1, -0.05) is 36.4 Å². The van der Waals surface area contributed by atoms with Gasteiger partial charge in [0.2, 0.25) is 10.0 Å². The van der Waals surface area contributed by atoms with Crippen LogP contribution in [-0.4, -0.2) is 55.8 Å². The third-order valence-electron chi connectivity index (χ3n) is 5.09. The molecule has 0 aliphatic carbocycles. The first-order chi connectivity index (χ1) is 13.8. The highest BCUT2D eigenvalue weighted by molar-refractivity contribution is 7.89. The molecule has 2 aromatic rings. The number of hydrogen-bond acceptors (Lipinski definition) is 4. The van der Waals surface area contributed by atoms with Crippen LogP contribution in [0.4, 0.5) is 0 Å². The van der Waals surface area contributed by atoms with Crippen molar-refractivity contribution >= 4 is 15.9 Å². The minimum absolute atomic E-state index is 0.0140. The van der Waals surface area contributed by atoms with Crippen LogP contribution in [0.15, 0.2) is 53.4 Å². The van der Waals surface area contributed by atoms with Gasteiger partial charge in [-0.05, 0) is 44.0 Å². The number of rotatable bonds is 6. The molecule has 1 amide bonds. The largest absolute Gasteiger partial charge is 0.350 e. The molecule has 0 radical (unpaired) electrons. The zero-order valence-electron chi connectivity index (χ0n) is 17.3. The number of carbonyl (C=O) groups excluding carboxylic acids is 1. The van der Waals surface area contributed by atoms with E-state index in [-0.39, 0.29) is 16.8 Å². The normalized spacial score (nSPS) is 16.1. The van der Waals surface area contributed by atoms with Crippen LogP contribution >= 0.6 is 0 Å². The van der Waals surface area contributed by atoms with Crippen molar-refractivity contribution < 1.29 is 13.2 Å². The number of aryl methyl sites for hydroxylation is 1. The van der Waals surface area contributed by atoms with Crippen LogP contribution in [0.2, 0.25) is 0 Å². The van der Waals surface area contributed by atoms with Crippen molar-refractivity contribution in [3.05, 3.63) is 65.2 Å². The molecular formula is C22H29N3O3S. The fraction of sp³-hybridized carbons (Fsp3) is 0.409. The summed E-state index contributed by atoms with van der Waals surface area (Å²) in [6.07, 6.45) is 0. The lowest BCUT2D eigenvalue weighted by molar-refractivity contribution is 0.0942. The Balaban J connectivity index is 1.70. The maximum Gasteiger partial charge on any atom is 0.251 e. The summed E-state index contributed by atoms with van der Waals surface area (Å²) in [5, 5.41) is 2.83. The highest BCUT2D eigenvalue weighted by atomic mass is 32.2. The number of sulfonamides is 1. The summed E-state index contributed by atoms with van der Waals surface area (Å²) in [7, 11) is -3.63. The highest BCUT2D eigenvalue weighted by Crippen LogP contribution is 2.21. The van der Waals surface area contributed by atoms with Crippen LogP contribution in [0.25, 0.3) is 0 Å². The molecule has 0 saturated carbocycles. The second-order valence-electron chi connectivity index (χ2n) is 7.77. The van der Waals surface area contributed by atoms with Gasteiger partial charge in [0.25, 0.3) is 5.91 Å². The second kappa shape index (κ2) is 9.07. The van der Waals surface area contributed by atoms with Crippen LogP contribution in [0.5, 0.6) is 0 Å². The van der Waals surface area contributed by atoms with Crippen molar-refractivity contribution in [3.8, 4) is 0 Å². The monoisotopic (exact) mass is 415 g/mol. The number of hydrogen-bond donors (Lipinski definition) is 1. The quantitative estimate of drug-likeness (QED) is 0.788. The fourth-order valence-corrected chi connectivity index (χ4v) is 4.91. The summed E-state index contributed by atoms with van der Waals surface area (Å²) in [5.74, 6) is -0.248. The number of nitrogens with zero attached hydrogens (tertiary/aromatic N) is 2. The summed E-state index contributed by atoms with van der Waals surface area (Å²) in [4.78, 5) is 14.9. The number of amides is 1. The first kappa shape index (κ1) is 21.5. The summed E-state index contributed by atoms with van der Waals surface area (Å²) in [6, 6.07) is 15.0. The molecule has 1 N–H and O–H groups in total. The molecule has 7 heteroatoms. The van der Waals surface area contributed by atoms with Gasteiger partial charge in [-0.15, -0.1) is 0 Å². The van der Waals surface area contributed by atoms with E-state index in [1.165, 1.54) is 15.9 Å². The maximum absolute atomic E-state index is 13.1. The number of nitrogens with one attached hydrogen (secondary N) is 1. The first-order valence-electron chi connectivity index (χ1n) is 9.95. The molecule has 1 saturated heterocycles. The average Bonchev–Trinajstić information content (AvgIpc) is 2.69. The van der Waals surface area contributed by atoms with Gasteiger partial charge in [-0.3, -0.25) is 9.69 Å². The van der Waals surface area contributed by atoms with Gasteiger partial charge < -0.3 is 5.32 Å². The van der Waals surface area contributed by atoms with Crippen molar-refractivity contribution in [1.82, 2.24) is 14.5 Å². The Labute approximate surface area is 173 Å². The van der Waals surface area contributed by atoms with E-state index in [1.807, 2.05) is 39.0 Å². The first-order valence-corrected chi connectivity index (χ1v) is 11.4. The lowest BCUT2D eigenvalue weighted by Gasteiger charge is -2.34. The predicted octanol–water partition coefficient (Wildman–Crippen LogP) is 2.64.